The lowest BCUT2D eigenvalue weighted by Crippen LogP contribution is -2.45. The number of furan rings is 1. The zero-order valence-corrected chi connectivity index (χ0v) is 20.2. The zero-order valence-electron chi connectivity index (χ0n) is 19.4. The van der Waals surface area contributed by atoms with E-state index in [1.54, 1.807) is 50.2 Å². The molecule has 0 saturated heterocycles. The molecule has 0 saturated carbocycles. The summed E-state index contributed by atoms with van der Waals surface area (Å²) in [5.74, 6) is -2.27. The third kappa shape index (κ3) is 5.66. The number of primary amides is 1. The molecule has 184 valence electrons. The van der Waals surface area contributed by atoms with Crippen LogP contribution in [-0.4, -0.2) is 41.2 Å². The molecule has 0 aliphatic rings. The van der Waals surface area contributed by atoms with Crippen molar-refractivity contribution in [1.82, 2.24) is 9.69 Å². The van der Waals surface area contributed by atoms with Crippen molar-refractivity contribution < 1.29 is 28.3 Å². The first-order valence-electron chi connectivity index (χ1n) is 10.6. The van der Waals surface area contributed by atoms with Gasteiger partial charge in [0.05, 0.1) is 12.3 Å². The fourth-order valence-corrected chi connectivity index (χ4v) is 4.01. The SMILES string of the molecule is CCOC(=O)CNC(=O)[C@@H](c1ccc(C)o1)N(C(=O)c1snc(C(N)=O)c1N)c1ccc(C)cc1. The Morgan fingerprint density at radius 3 is 2.37 bits per heavy atom. The standard InChI is InChI=1S/C23H25N5O6S/c1-4-33-16(29)11-26-22(31)19(15-10-7-13(3)34-15)28(14-8-5-12(2)6-9-14)23(32)20-17(24)18(21(25)30)27-35-20/h5-10,19H,4,11,24H2,1-3H3,(H2,25,30)(H,26,31)/t19-/m1/s1. The van der Waals surface area contributed by atoms with E-state index in [1.807, 2.05) is 6.92 Å². The number of nitrogens with two attached hydrogens (primary N) is 2. The van der Waals surface area contributed by atoms with Gasteiger partial charge < -0.3 is 25.9 Å². The fourth-order valence-electron chi connectivity index (χ4n) is 3.27. The first-order chi connectivity index (χ1) is 16.6. The maximum atomic E-state index is 13.8. The van der Waals surface area contributed by atoms with E-state index in [4.69, 9.17) is 20.6 Å². The molecular weight excluding hydrogens is 474 g/mol. The Kier molecular flexibility index (Phi) is 7.87. The lowest BCUT2D eigenvalue weighted by Gasteiger charge is -2.29. The summed E-state index contributed by atoms with van der Waals surface area (Å²) in [7, 11) is 0. The molecule has 0 bridgehead atoms. The molecule has 0 spiro atoms. The quantitative estimate of drug-likeness (QED) is 0.376. The van der Waals surface area contributed by atoms with Crippen LogP contribution in [0.2, 0.25) is 0 Å². The minimum atomic E-state index is -1.33. The van der Waals surface area contributed by atoms with E-state index in [-0.39, 0.29) is 28.6 Å². The summed E-state index contributed by atoms with van der Waals surface area (Å²) in [6.07, 6.45) is 0. The Morgan fingerprint density at radius 1 is 1.14 bits per heavy atom. The molecule has 0 radical (unpaired) electrons. The predicted molar refractivity (Wildman–Crippen MR) is 129 cm³/mol. The number of carbonyl (C=O) groups is 4. The normalized spacial score (nSPS) is 11.5. The van der Waals surface area contributed by atoms with Crippen molar-refractivity contribution >= 4 is 46.6 Å². The molecule has 2 heterocycles. The van der Waals surface area contributed by atoms with Gasteiger partial charge in [-0.1, -0.05) is 17.7 Å². The maximum absolute atomic E-state index is 13.8. The summed E-state index contributed by atoms with van der Waals surface area (Å²) in [4.78, 5) is 51.8. The predicted octanol–water partition coefficient (Wildman–Crippen LogP) is 2.10. The van der Waals surface area contributed by atoms with Crippen LogP contribution in [0.1, 0.15) is 50.2 Å². The van der Waals surface area contributed by atoms with E-state index in [2.05, 4.69) is 9.69 Å². The highest BCUT2D eigenvalue weighted by Crippen LogP contribution is 2.33. The number of esters is 1. The van der Waals surface area contributed by atoms with E-state index >= 15 is 0 Å². The van der Waals surface area contributed by atoms with Crippen LogP contribution in [0.3, 0.4) is 0 Å². The first kappa shape index (κ1) is 25.4. The van der Waals surface area contributed by atoms with Crippen molar-refractivity contribution in [3.8, 4) is 0 Å². The summed E-state index contributed by atoms with van der Waals surface area (Å²) in [5.41, 5.74) is 12.2. The third-order valence-electron chi connectivity index (χ3n) is 4.94. The van der Waals surface area contributed by atoms with Crippen molar-refractivity contribution in [2.24, 2.45) is 5.73 Å². The van der Waals surface area contributed by atoms with Gasteiger partial charge in [-0.05, 0) is 56.6 Å². The molecule has 11 nitrogen and oxygen atoms in total. The Bertz CT molecular complexity index is 1250. The molecule has 0 aliphatic heterocycles. The van der Waals surface area contributed by atoms with Crippen LogP contribution in [0.25, 0.3) is 0 Å². The largest absolute Gasteiger partial charge is 0.465 e. The number of aryl methyl sites for hydroxylation is 2. The van der Waals surface area contributed by atoms with Crippen LogP contribution in [-0.2, 0) is 14.3 Å². The summed E-state index contributed by atoms with van der Waals surface area (Å²) < 4.78 is 14.5. The van der Waals surface area contributed by atoms with Crippen molar-refractivity contribution in [3.05, 3.63) is 64.1 Å². The number of nitrogens with one attached hydrogen (secondary N) is 1. The maximum Gasteiger partial charge on any atom is 0.325 e. The number of carbonyl (C=O) groups excluding carboxylic acids is 4. The van der Waals surface area contributed by atoms with E-state index in [0.717, 1.165) is 5.56 Å². The van der Waals surface area contributed by atoms with Crippen LogP contribution < -0.4 is 21.7 Å². The second-order valence-corrected chi connectivity index (χ2v) is 8.30. The molecule has 2 aromatic heterocycles. The van der Waals surface area contributed by atoms with E-state index in [9.17, 15) is 19.2 Å². The number of hydrogen-bond donors (Lipinski definition) is 3. The molecule has 0 unspecified atom stereocenters. The van der Waals surface area contributed by atoms with E-state index in [1.165, 1.54) is 4.90 Å². The highest BCUT2D eigenvalue weighted by molar-refractivity contribution is 7.09. The van der Waals surface area contributed by atoms with Gasteiger partial charge in [-0.25, -0.2) is 0 Å². The van der Waals surface area contributed by atoms with Gasteiger partial charge in [0.1, 0.15) is 22.9 Å². The summed E-state index contributed by atoms with van der Waals surface area (Å²) >= 11 is 0.690. The molecule has 1 aromatic carbocycles. The summed E-state index contributed by atoms with van der Waals surface area (Å²) in [6, 6.07) is 8.71. The number of nitrogens with zero attached hydrogens (tertiary/aromatic N) is 2. The van der Waals surface area contributed by atoms with Crippen LogP contribution in [0, 0.1) is 13.8 Å². The molecule has 0 aliphatic carbocycles. The van der Waals surface area contributed by atoms with Gasteiger partial charge in [-0.3, -0.25) is 24.1 Å². The number of nitrogen functional groups attached to an aromatic ring is 1. The molecule has 0 fully saturated rings. The highest BCUT2D eigenvalue weighted by Gasteiger charge is 2.38. The second-order valence-electron chi connectivity index (χ2n) is 7.52. The van der Waals surface area contributed by atoms with Gasteiger partial charge in [-0.15, -0.1) is 0 Å². The molecule has 3 rings (SSSR count). The minimum absolute atomic E-state index is 0.0779. The zero-order chi connectivity index (χ0) is 25.7. The number of ether oxygens (including phenoxy) is 1. The van der Waals surface area contributed by atoms with Gasteiger partial charge in [-0.2, -0.15) is 4.37 Å². The Balaban J connectivity index is 2.12. The number of hydrogen-bond acceptors (Lipinski definition) is 9. The van der Waals surface area contributed by atoms with E-state index in [0.29, 0.717) is 23.0 Å². The smallest absolute Gasteiger partial charge is 0.325 e. The van der Waals surface area contributed by atoms with Crippen LogP contribution in [0.15, 0.2) is 40.8 Å². The van der Waals surface area contributed by atoms with Crippen molar-refractivity contribution in [2.75, 3.05) is 23.8 Å². The molecule has 3 amide bonds. The molecular formula is C23H25N5O6S. The van der Waals surface area contributed by atoms with Crippen molar-refractivity contribution in [1.29, 1.82) is 0 Å². The Labute approximate surface area is 205 Å². The Hall–Kier alpha value is -4.19. The highest BCUT2D eigenvalue weighted by atomic mass is 32.1. The van der Waals surface area contributed by atoms with Gasteiger partial charge in [0.2, 0.25) is 0 Å². The second kappa shape index (κ2) is 10.8. The van der Waals surface area contributed by atoms with Crippen LogP contribution in [0.5, 0.6) is 0 Å². The molecule has 3 aromatic rings. The molecule has 12 heteroatoms. The van der Waals surface area contributed by atoms with Gasteiger partial charge >= 0.3 is 5.97 Å². The number of amides is 3. The molecule has 1 atom stereocenters. The van der Waals surface area contributed by atoms with Crippen molar-refractivity contribution in [3.63, 3.8) is 0 Å². The topological polar surface area (TPSA) is 171 Å². The number of rotatable bonds is 9. The average molecular weight is 500 g/mol. The minimum Gasteiger partial charge on any atom is -0.465 e. The average Bonchev–Trinajstić information content (AvgIpc) is 3.41. The first-order valence-corrected chi connectivity index (χ1v) is 11.4. The van der Waals surface area contributed by atoms with Gasteiger partial charge in [0.25, 0.3) is 17.7 Å². The van der Waals surface area contributed by atoms with E-state index < -0.39 is 36.3 Å². The van der Waals surface area contributed by atoms with Crippen LogP contribution in [0.4, 0.5) is 11.4 Å². The lowest BCUT2D eigenvalue weighted by molar-refractivity contribution is -0.143. The third-order valence-corrected chi connectivity index (χ3v) is 5.79. The number of anilines is 2. The summed E-state index contributed by atoms with van der Waals surface area (Å²) in [5, 5.41) is 2.50. The summed E-state index contributed by atoms with van der Waals surface area (Å²) in [6.45, 7) is 4.94. The molecule has 35 heavy (non-hydrogen) atoms. The number of aromatic nitrogens is 1. The fraction of sp³-hybridized carbons (Fsp3) is 0.261. The monoisotopic (exact) mass is 499 g/mol. The van der Waals surface area contributed by atoms with Gasteiger partial charge in [0.15, 0.2) is 11.7 Å². The van der Waals surface area contributed by atoms with Gasteiger partial charge in [0, 0.05) is 5.69 Å². The lowest BCUT2D eigenvalue weighted by atomic mass is 10.1. The molecule has 5 N–H and O–H groups in total. The number of benzene rings is 1. The van der Waals surface area contributed by atoms with Crippen LogP contribution >= 0.6 is 11.5 Å². The Morgan fingerprint density at radius 2 is 1.83 bits per heavy atom. The van der Waals surface area contributed by atoms with Crippen molar-refractivity contribution in [2.45, 2.75) is 26.8 Å².